The topological polar surface area (TPSA) is 21.3 Å². The summed E-state index contributed by atoms with van der Waals surface area (Å²) in [5, 5.41) is 3.75. The van der Waals surface area contributed by atoms with Gasteiger partial charge in [-0.15, -0.1) is 0 Å². The molecule has 0 amide bonds. The average molecular weight is 308 g/mol. The molecule has 0 saturated carbocycles. The van der Waals surface area contributed by atoms with Crippen LogP contribution in [0, 0.1) is 5.82 Å². The Bertz CT molecular complexity index is 628. The maximum atomic E-state index is 14.2. The van der Waals surface area contributed by atoms with E-state index in [1.54, 1.807) is 19.2 Å². The molecule has 0 radical (unpaired) electrons. The number of halogens is 2. The van der Waals surface area contributed by atoms with Crippen LogP contribution in [0.5, 0.6) is 5.75 Å². The molecule has 0 bridgehead atoms. The molecule has 2 nitrogen and oxygen atoms in total. The van der Waals surface area contributed by atoms with Gasteiger partial charge in [-0.1, -0.05) is 31.5 Å². The predicted molar refractivity (Wildman–Crippen MR) is 85.4 cm³/mol. The Hall–Kier alpha value is -1.58. The molecule has 0 saturated heterocycles. The highest BCUT2D eigenvalue weighted by Gasteiger charge is 2.12. The van der Waals surface area contributed by atoms with Gasteiger partial charge < -0.3 is 10.1 Å². The minimum Gasteiger partial charge on any atom is -0.497 e. The zero-order chi connectivity index (χ0) is 15.4. The molecule has 0 unspecified atom stereocenters. The molecule has 2 aromatic rings. The van der Waals surface area contributed by atoms with Gasteiger partial charge in [-0.3, -0.25) is 0 Å². The van der Waals surface area contributed by atoms with Crippen molar-refractivity contribution in [3.63, 3.8) is 0 Å². The van der Waals surface area contributed by atoms with Crippen LogP contribution in [-0.2, 0) is 6.54 Å². The fraction of sp³-hybridized carbons (Fsp3) is 0.294. The van der Waals surface area contributed by atoms with Gasteiger partial charge in [0.25, 0.3) is 0 Å². The molecule has 112 valence electrons. The zero-order valence-corrected chi connectivity index (χ0v) is 13.2. The summed E-state index contributed by atoms with van der Waals surface area (Å²) in [7, 11) is 1.62. The molecule has 0 atom stereocenters. The molecule has 0 fully saturated rings. The van der Waals surface area contributed by atoms with E-state index in [2.05, 4.69) is 19.2 Å². The zero-order valence-electron chi connectivity index (χ0n) is 12.4. The highest BCUT2D eigenvalue weighted by atomic mass is 35.5. The van der Waals surface area contributed by atoms with Crippen molar-refractivity contribution in [2.24, 2.45) is 0 Å². The molecule has 0 aliphatic heterocycles. The Morgan fingerprint density at radius 2 is 1.86 bits per heavy atom. The van der Waals surface area contributed by atoms with Gasteiger partial charge in [0.2, 0.25) is 0 Å². The Morgan fingerprint density at radius 3 is 2.48 bits per heavy atom. The normalized spacial score (nSPS) is 11.0. The lowest BCUT2D eigenvalue weighted by Crippen LogP contribution is -2.22. The largest absolute Gasteiger partial charge is 0.497 e. The first-order valence-electron chi connectivity index (χ1n) is 6.87. The molecule has 0 aromatic heterocycles. The average Bonchev–Trinajstić information content (AvgIpc) is 2.45. The summed E-state index contributed by atoms with van der Waals surface area (Å²) in [5.41, 5.74) is 2.38. The molecule has 0 aliphatic carbocycles. The summed E-state index contributed by atoms with van der Waals surface area (Å²) in [6, 6.07) is 10.7. The molecule has 0 aliphatic rings. The summed E-state index contributed by atoms with van der Waals surface area (Å²) in [6.07, 6.45) is 0. The van der Waals surface area contributed by atoms with Crippen LogP contribution in [0.15, 0.2) is 36.4 Å². The first-order valence-corrected chi connectivity index (χ1v) is 7.24. The second-order valence-corrected chi connectivity index (χ2v) is 5.62. The van der Waals surface area contributed by atoms with Crippen LogP contribution in [0.25, 0.3) is 11.1 Å². The van der Waals surface area contributed by atoms with Crippen LogP contribution in [0.2, 0.25) is 5.02 Å². The Kier molecular flexibility index (Phi) is 5.21. The number of benzene rings is 2. The van der Waals surface area contributed by atoms with Crippen LogP contribution in [0.3, 0.4) is 0 Å². The van der Waals surface area contributed by atoms with Crippen LogP contribution in [0.4, 0.5) is 4.39 Å². The summed E-state index contributed by atoms with van der Waals surface area (Å²) < 4.78 is 19.4. The SMILES string of the molecule is COc1ccc(-c2ccc(Cl)cc2F)c(CNC(C)C)c1. The Balaban J connectivity index is 2.45. The van der Waals surface area contributed by atoms with E-state index in [1.807, 2.05) is 18.2 Å². The molecule has 2 aromatic carbocycles. The van der Waals surface area contributed by atoms with Crippen LogP contribution in [0.1, 0.15) is 19.4 Å². The van der Waals surface area contributed by atoms with Crippen molar-refractivity contribution < 1.29 is 9.13 Å². The van der Waals surface area contributed by atoms with E-state index in [9.17, 15) is 4.39 Å². The van der Waals surface area contributed by atoms with E-state index in [-0.39, 0.29) is 5.82 Å². The monoisotopic (exact) mass is 307 g/mol. The van der Waals surface area contributed by atoms with Crippen molar-refractivity contribution in [3.8, 4) is 16.9 Å². The summed E-state index contributed by atoms with van der Waals surface area (Å²) >= 11 is 5.82. The van der Waals surface area contributed by atoms with E-state index in [0.717, 1.165) is 16.9 Å². The number of hydrogen-bond donors (Lipinski definition) is 1. The van der Waals surface area contributed by atoms with Crippen molar-refractivity contribution in [2.75, 3.05) is 7.11 Å². The second kappa shape index (κ2) is 6.92. The van der Waals surface area contributed by atoms with Gasteiger partial charge in [0.05, 0.1) is 7.11 Å². The fourth-order valence-electron chi connectivity index (χ4n) is 2.13. The maximum Gasteiger partial charge on any atom is 0.132 e. The molecule has 1 N–H and O–H groups in total. The summed E-state index contributed by atoms with van der Waals surface area (Å²) in [6.45, 7) is 4.79. The van der Waals surface area contributed by atoms with Gasteiger partial charge in [-0.05, 0) is 41.5 Å². The lowest BCUT2D eigenvalue weighted by Gasteiger charge is -2.15. The summed E-state index contributed by atoms with van der Waals surface area (Å²) in [5.74, 6) is 0.437. The Morgan fingerprint density at radius 1 is 1.14 bits per heavy atom. The minimum absolute atomic E-state index is 0.321. The smallest absolute Gasteiger partial charge is 0.132 e. The van der Waals surface area contributed by atoms with Gasteiger partial charge in [0.15, 0.2) is 0 Å². The third kappa shape index (κ3) is 3.96. The molecule has 0 heterocycles. The van der Waals surface area contributed by atoms with Crippen LogP contribution in [-0.4, -0.2) is 13.2 Å². The van der Waals surface area contributed by atoms with Crippen molar-refractivity contribution in [2.45, 2.75) is 26.4 Å². The molecule has 4 heteroatoms. The minimum atomic E-state index is -0.321. The highest BCUT2D eigenvalue weighted by molar-refractivity contribution is 6.30. The van der Waals surface area contributed by atoms with Gasteiger partial charge >= 0.3 is 0 Å². The molecule has 21 heavy (non-hydrogen) atoms. The Labute approximate surface area is 129 Å². The van der Waals surface area contributed by atoms with Gasteiger partial charge in [0, 0.05) is 23.2 Å². The number of hydrogen-bond acceptors (Lipinski definition) is 2. The maximum absolute atomic E-state index is 14.2. The first kappa shape index (κ1) is 15.8. The molecular formula is C17H19ClFNO. The van der Waals surface area contributed by atoms with Crippen molar-refractivity contribution in [1.82, 2.24) is 5.32 Å². The van der Waals surface area contributed by atoms with E-state index in [4.69, 9.17) is 16.3 Å². The van der Waals surface area contributed by atoms with Crippen LogP contribution >= 0.6 is 11.6 Å². The van der Waals surface area contributed by atoms with Crippen LogP contribution < -0.4 is 10.1 Å². The lowest BCUT2D eigenvalue weighted by molar-refractivity contribution is 0.414. The quantitative estimate of drug-likeness (QED) is 0.868. The van der Waals surface area contributed by atoms with Crippen molar-refractivity contribution in [3.05, 3.63) is 52.8 Å². The van der Waals surface area contributed by atoms with Crippen molar-refractivity contribution in [1.29, 1.82) is 0 Å². The molecular weight excluding hydrogens is 289 g/mol. The highest BCUT2D eigenvalue weighted by Crippen LogP contribution is 2.30. The lowest BCUT2D eigenvalue weighted by atomic mass is 9.98. The number of rotatable bonds is 5. The fourth-order valence-corrected chi connectivity index (χ4v) is 2.29. The van der Waals surface area contributed by atoms with E-state index in [0.29, 0.717) is 23.2 Å². The first-order chi connectivity index (χ1) is 10.0. The summed E-state index contributed by atoms with van der Waals surface area (Å²) in [4.78, 5) is 0. The third-order valence-electron chi connectivity index (χ3n) is 3.23. The molecule has 0 spiro atoms. The number of ether oxygens (including phenoxy) is 1. The van der Waals surface area contributed by atoms with Gasteiger partial charge in [-0.2, -0.15) is 0 Å². The second-order valence-electron chi connectivity index (χ2n) is 5.18. The predicted octanol–water partition coefficient (Wildman–Crippen LogP) is 4.65. The number of methoxy groups -OCH3 is 1. The number of nitrogens with one attached hydrogen (secondary N) is 1. The molecule has 2 rings (SSSR count). The van der Waals surface area contributed by atoms with E-state index < -0.39 is 0 Å². The van der Waals surface area contributed by atoms with Gasteiger partial charge in [-0.25, -0.2) is 4.39 Å². The third-order valence-corrected chi connectivity index (χ3v) is 3.47. The van der Waals surface area contributed by atoms with Crippen molar-refractivity contribution >= 4 is 11.6 Å². The van der Waals surface area contributed by atoms with E-state index in [1.165, 1.54) is 6.07 Å². The van der Waals surface area contributed by atoms with E-state index >= 15 is 0 Å². The van der Waals surface area contributed by atoms with Gasteiger partial charge in [0.1, 0.15) is 11.6 Å². The standard InChI is InChI=1S/C17H19ClFNO/c1-11(2)20-10-12-8-14(21-3)5-7-15(12)16-6-4-13(18)9-17(16)19/h4-9,11,20H,10H2,1-3H3.